The van der Waals surface area contributed by atoms with Gasteiger partial charge in [0, 0.05) is 27.0 Å². The first-order valence-electron chi connectivity index (χ1n) is 8.57. The van der Waals surface area contributed by atoms with Crippen molar-refractivity contribution in [1.29, 1.82) is 0 Å². The van der Waals surface area contributed by atoms with Crippen molar-refractivity contribution in [2.75, 3.05) is 25.9 Å². The summed E-state index contributed by atoms with van der Waals surface area (Å²) in [7, 11) is -3.11. The van der Waals surface area contributed by atoms with Gasteiger partial charge in [-0.2, -0.15) is 0 Å². The third-order valence-electron chi connectivity index (χ3n) is 4.66. The Hall–Kier alpha value is -0.620. The van der Waals surface area contributed by atoms with Crippen LogP contribution >= 0.6 is 0 Å². The van der Waals surface area contributed by atoms with Gasteiger partial charge in [0.2, 0.25) is 15.9 Å². The second-order valence-electron chi connectivity index (χ2n) is 6.59. The van der Waals surface area contributed by atoms with Crippen molar-refractivity contribution in [3.05, 3.63) is 0 Å². The highest BCUT2D eigenvalue weighted by atomic mass is 32.2. The van der Waals surface area contributed by atoms with Gasteiger partial charge in [-0.25, -0.2) is 12.7 Å². The van der Waals surface area contributed by atoms with E-state index in [2.05, 4.69) is 19.2 Å². The molecule has 0 saturated carbocycles. The highest BCUT2D eigenvalue weighted by Crippen LogP contribution is 2.19. The van der Waals surface area contributed by atoms with Crippen LogP contribution in [0.15, 0.2) is 0 Å². The van der Waals surface area contributed by atoms with E-state index in [-0.39, 0.29) is 13.3 Å². The van der Waals surface area contributed by atoms with Crippen molar-refractivity contribution in [1.82, 2.24) is 9.62 Å². The fourth-order valence-corrected chi connectivity index (χ4v) is 3.68. The molecule has 1 rings (SSSR count). The summed E-state index contributed by atoms with van der Waals surface area (Å²) in [6.45, 7) is 6.17. The van der Waals surface area contributed by atoms with Crippen molar-refractivity contribution in [2.45, 2.75) is 58.8 Å². The fourth-order valence-electron chi connectivity index (χ4n) is 2.80. The first-order chi connectivity index (χ1) is 10.3. The van der Waals surface area contributed by atoms with Crippen LogP contribution in [0.1, 0.15) is 60.2 Å². The molecule has 0 radical (unpaired) electrons. The smallest absolute Gasteiger partial charge is 0.223 e. The summed E-state index contributed by atoms with van der Waals surface area (Å²) in [4.78, 5) is 12.1. The molecular weight excluding hydrogens is 300 g/mol. The van der Waals surface area contributed by atoms with Gasteiger partial charge < -0.3 is 5.32 Å². The van der Waals surface area contributed by atoms with Crippen LogP contribution in [-0.4, -0.2) is 44.5 Å². The van der Waals surface area contributed by atoms with Gasteiger partial charge in [0.15, 0.2) is 0 Å². The Morgan fingerprint density at radius 1 is 1.27 bits per heavy atom. The zero-order valence-corrected chi connectivity index (χ0v) is 15.1. The predicted molar refractivity (Wildman–Crippen MR) is 92.2 cm³/mol. The van der Waals surface area contributed by atoms with Crippen LogP contribution in [0.3, 0.4) is 0 Å². The number of sulfonamides is 1. The number of unbranched alkanes of at least 4 members (excludes halogenated alkanes) is 2. The van der Waals surface area contributed by atoms with E-state index >= 15 is 0 Å². The number of nitrogens with one attached hydrogen (secondary N) is 1. The van der Waals surface area contributed by atoms with Crippen LogP contribution in [0.2, 0.25) is 0 Å². The molecule has 132 valence electrons. The van der Waals surface area contributed by atoms with E-state index in [0.717, 1.165) is 25.3 Å². The third-order valence-corrected chi connectivity index (χ3v) is 5.97. The van der Waals surface area contributed by atoms with Crippen molar-refractivity contribution >= 4 is 15.9 Å². The van der Waals surface area contributed by atoms with Crippen molar-refractivity contribution in [2.24, 2.45) is 11.8 Å². The Balaban J connectivity index is 0.00000484. The maximum Gasteiger partial charge on any atom is 0.223 e. The molecule has 0 aromatic carbocycles. The Morgan fingerprint density at radius 2 is 1.91 bits per heavy atom. The van der Waals surface area contributed by atoms with Gasteiger partial charge in [-0.15, -0.1) is 0 Å². The molecule has 0 aliphatic carbocycles. The average molecular weight is 335 g/mol. The molecular formula is C16H34N2O3S. The minimum atomic E-state index is -3.11. The maximum absolute atomic E-state index is 12.1. The van der Waals surface area contributed by atoms with E-state index in [1.165, 1.54) is 29.8 Å². The lowest BCUT2D eigenvalue weighted by molar-refractivity contribution is -0.126. The second kappa shape index (κ2) is 9.50. The molecule has 1 atom stereocenters. The van der Waals surface area contributed by atoms with E-state index in [1.54, 1.807) is 0 Å². The maximum atomic E-state index is 12.1. The molecule has 22 heavy (non-hydrogen) atoms. The van der Waals surface area contributed by atoms with E-state index in [4.69, 9.17) is 0 Å². The SMILES string of the molecule is CCC(C)CCCCCNC(=O)C1CCN(S(C)(=O)=O)CC1.[HH]. The number of carbonyl (C=O) groups excluding carboxylic acids is 1. The zero-order chi connectivity index (χ0) is 16.6. The lowest BCUT2D eigenvalue weighted by Gasteiger charge is -2.29. The van der Waals surface area contributed by atoms with Crippen molar-refractivity contribution < 1.29 is 14.6 Å². The van der Waals surface area contributed by atoms with Crippen LogP contribution in [-0.2, 0) is 14.8 Å². The molecule has 6 heteroatoms. The summed E-state index contributed by atoms with van der Waals surface area (Å²) in [6.07, 6.45) is 8.43. The summed E-state index contributed by atoms with van der Waals surface area (Å²) in [5.74, 6) is 0.864. The van der Waals surface area contributed by atoms with Crippen molar-refractivity contribution in [3.8, 4) is 0 Å². The molecule has 1 aliphatic heterocycles. The monoisotopic (exact) mass is 334 g/mol. The number of carbonyl (C=O) groups is 1. The zero-order valence-electron chi connectivity index (χ0n) is 14.3. The molecule has 0 aromatic rings. The minimum Gasteiger partial charge on any atom is -0.356 e. The number of nitrogens with zero attached hydrogens (tertiary/aromatic N) is 1. The molecule has 1 fully saturated rings. The first kappa shape index (κ1) is 19.4. The van der Waals surface area contributed by atoms with E-state index in [9.17, 15) is 13.2 Å². The highest BCUT2D eigenvalue weighted by Gasteiger charge is 2.28. The number of hydrogen-bond donors (Lipinski definition) is 1. The summed E-state index contributed by atoms with van der Waals surface area (Å²) >= 11 is 0. The predicted octanol–water partition coefficient (Wildman–Crippen LogP) is 2.63. The third kappa shape index (κ3) is 7.09. The summed E-state index contributed by atoms with van der Waals surface area (Å²) in [5, 5.41) is 3.00. The van der Waals surface area contributed by atoms with E-state index in [1.807, 2.05) is 0 Å². The minimum absolute atomic E-state index is 0. The Morgan fingerprint density at radius 3 is 2.45 bits per heavy atom. The topological polar surface area (TPSA) is 66.5 Å². The first-order valence-corrected chi connectivity index (χ1v) is 10.4. The molecule has 5 nitrogen and oxygen atoms in total. The quantitative estimate of drug-likeness (QED) is 0.659. The molecule has 1 aliphatic rings. The molecule has 0 aromatic heterocycles. The summed E-state index contributed by atoms with van der Waals surface area (Å²) in [6, 6.07) is 0. The normalized spacial score (nSPS) is 19.0. The Bertz CT molecular complexity index is 435. The fraction of sp³-hybridized carbons (Fsp3) is 0.938. The molecule has 1 amide bonds. The van der Waals surface area contributed by atoms with Crippen LogP contribution in [0.5, 0.6) is 0 Å². The summed E-state index contributed by atoms with van der Waals surface area (Å²) in [5.41, 5.74) is 0. The largest absolute Gasteiger partial charge is 0.356 e. The van der Waals surface area contributed by atoms with Gasteiger partial charge in [0.25, 0.3) is 0 Å². The van der Waals surface area contributed by atoms with Crippen molar-refractivity contribution in [3.63, 3.8) is 0 Å². The van der Waals surface area contributed by atoms with Crippen LogP contribution < -0.4 is 5.32 Å². The molecule has 1 heterocycles. The average Bonchev–Trinajstić information content (AvgIpc) is 2.49. The van der Waals surface area contributed by atoms with Crippen LogP contribution in [0, 0.1) is 11.8 Å². The van der Waals surface area contributed by atoms with Crippen LogP contribution in [0.25, 0.3) is 0 Å². The molecule has 0 spiro atoms. The van der Waals surface area contributed by atoms with Gasteiger partial charge >= 0.3 is 0 Å². The van der Waals surface area contributed by atoms with Gasteiger partial charge in [0.1, 0.15) is 0 Å². The van der Waals surface area contributed by atoms with Crippen LogP contribution in [0.4, 0.5) is 0 Å². The Kier molecular flexibility index (Phi) is 8.39. The van der Waals surface area contributed by atoms with E-state index < -0.39 is 10.0 Å². The molecule has 0 bridgehead atoms. The number of rotatable bonds is 9. The molecule has 1 saturated heterocycles. The van der Waals surface area contributed by atoms with E-state index in [0.29, 0.717) is 25.9 Å². The van der Waals surface area contributed by atoms with Gasteiger partial charge in [-0.3, -0.25) is 4.79 Å². The Labute approximate surface area is 137 Å². The molecule has 1 N–H and O–H groups in total. The number of amides is 1. The second-order valence-corrected chi connectivity index (χ2v) is 8.57. The van der Waals surface area contributed by atoms with Gasteiger partial charge in [-0.05, 0) is 25.2 Å². The lowest BCUT2D eigenvalue weighted by atomic mass is 9.97. The van der Waals surface area contributed by atoms with Gasteiger partial charge in [-0.1, -0.05) is 39.5 Å². The molecule has 1 unspecified atom stereocenters. The van der Waals surface area contributed by atoms with Gasteiger partial charge in [0.05, 0.1) is 6.26 Å². The number of piperidine rings is 1. The number of hydrogen-bond acceptors (Lipinski definition) is 3. The standard InChI is InChI=1S/C16H32N2O3S.H2/c1-4-14(2)8-6-5-7-11-17-16(19)15-9-12-18(13-10-15)22(3,20)21;/h14-15H,4-13H2,1-3H3,(H,17,19);1H. The lowest BCUT2D eigenvalue weighted by Crippen LogP contribution is -2.42. The highest BCUT2D eigenvalue weighted by molar-refractivity contribution is 7.88. The summed E-state index contributed by atoms with van der Waals surface area (Å²) < 4.78 is 24.3.